The molecule has 0 amide bonds. The molecule has 0 spiro atoms. The van der Waals surface area contributed by atoms with Crippen LogP contribution in [0.25, 0.3) is 0 Å². The number of aliphatic hydroxyl groups excluding tert-OH is 3. The summed E-state index contributed by atoms with van der Waals surface area (Å²) in [6.07, 6.45) is 39.4. The van der Waals surface area contributed by atoms with Crippen molar-refractivity contribution in [2.75, 3.05) is 26.4 Å². The molecule has 0 rings (SSSR count). The highest BCUT2D eigenvalue weighted by molar-refractivity contribution is 4.49. The van der Waals surface area contributed by atoms with Gasteiger partial charge >= 0.3 is 0 Å². The van der Waals surface area contributed by atoms with Gasteiger partial charge in [-0.2, -0.15) is 0 Å². The summed E-state index contributed by atoms with van der Waals surface area (Å²) in [4.78, 5) is 0. The van der Waals surface area contributed by atoms with Crippen LogP contribution in [-0.2, 0) is 0 Å². The molecule has 0 bridgehead atoms. The second-order valence-electron chi connectivity index (χ2n) is 11.9. The van der Waals surface area contributed by atoms with Crippen LogP contribution < -0.4 is 5.73 Å². The second kappa shape index (κ2) is 48.6. The zero-order chi connectivity index (χ0) is 30.0. The number of hydrogen-bond donors (Lipinski definition) is 4. The smallest absolute Gasteiger partial charge is 0.0431 e. The van der Waals surface area contributed by atoms with Crippen LogP contribution in [0.2, 0.25) is 0 Å². The van der Waals surface area contributed by atoms with E-state index < -0.39 is 0 Å². The molecule has 0 aromatic heterocycles. The Hall–Kier alpha value is -0.160. The van der Waals surface area contributed by atoms with E-state index in [4.69, 9.17) is 21.1 Å². The van der Waals surface area contributed by atoms with Crippen molar-refractivity contribution in [1.29, 1.82) is 0 Å². The largest absolute Gasteiger partial charge is 0.396 e. The third-order valence-corrected chi connectivity index (χ3v) is 7.64. The van der Waals surface area contributed by atoms with E-state index in [0.717, 1.165) is 25.8 Å². The van der Waals surface area contributed by atoms with Gasteiger partial charge in [-0.15, -0.1) is 0 Å². The minimum Gasteiger partial charge on any atom is -0.396 e. The summed E-state index contributed by atoms with van der Waals surface area (Å²) in [6.45, 7) is 6.47. The van der Waals surface area contributed by atoms with Gasteiger partial charge in [0.25, 0.3) is 0 Å². The maximum absolute atomic E-state index is 8.58. The molecule has 0 aromatic rings. The van der Waals surface area contributed by atoms with E-state index in [1.807, 2.05) is 0 Å². The van der Waals surface area contributed by atoms with Gasteiger partial charge in [0.05, 0.1) is 0 Å². The van der Waals surface area contributed by atoms with E-state index in [9.17, 15) is 0 Å². The Balaban J connectivity index is -0.000000514. The Morgan fingerprint density at radius 3 is 0.625 bits per heavy atom. The summed E-state index contributed by atoms with van der Waals surface area (Å²) in [7, 11) is 0. The molecule has 4 heteroatoms. The summed E-state index contributed by atoms with van der Waals surface area (Å²) < 4.78 is 0. The molecule has 0 atom stereocenters. The highest BCUT2D eigenvalue weighted by Gasteiger charge is 1.93. The predicted molar refractivity (Wildman–Crippen MR) is 180 cm³/mol. The molecule has 4 nitrogen and oxygen atoms in total. The standard InChI is InChI=1S/C12H27NO.2C12H26O/c13-11-9-7-5-3-1-2-4-6-8-10-12-14;2*1-2-3-4-5-6-7-8-9-10-11-12-13/h14H,1-13H2;2*13H,2-12H2,1H3. The van der Waals surface area contributed by atoms with Gasteiger partial charge in [-0.25, -0.2) is 0 Å². The van der Waals surface area contributed by atoms with E-state index >= 15 is 0 Å². The predicted octanol–water partition coefficient (Wildman–Crippen LogP) is 10.6. The lowest BCUT2D eigenvalue weighted by molar-refractivity contribution is 0.282. The fourth-order valence-corrected chi connectivity index (χ4v) is 4.87. The van der Waals surface area contributed by atoms with Crippen molar-refractivity contribution >= 4 is 0 Å². The van der Waals surface area contributed by atoms with E-state index in [0.29, 0.717) is 19.8 Å². The quantitative estimate of drug-likeness (QED) is 0.0621. The van der Waals surface area contributed by atoms with Gasteiger partial charge in [-0.1, -0.05) is 181 Å². The summed E-state index contributed by atoms with van der Waals surface area (Å²) in [5.41, 5.74) is 5.42. The first-order chi connectivity index (χ1) is 19.7. The monoisotopic (exact) mass is 574 g/mol. The zero-order valence-corrected chi connectivity index (χ0v) is 28.0. The fourth-order valence-electron chi connectivity index (χ4n) is 4.87. The first kappa shape index (κ1) is 44.3. The summed E-state index contributed by atoms with van der Waals surface area (Å²) in [6, 6.07) is 0. The molecule has 0 saturated carbocycles. The average molecular weight is 574 g/mol. The number of nitrogens with two attached hydrogens (primary N) is 1. The molecule has 0 unspecified atom stereocenters. The highest BCUT2D eigenvalue weighted by Crippen LogP contribution is 2.12. The fraction of sp³-hybridized carbons (Fsp3) is 1.00. The van der Waals surface area contributed by atoms with Crippen LogP contribution in [0.3, 0.4) is 0 Å². The molecule has 40 heavy (non-hydrogen) atoms. The summed E-state index contributed by atoms with van der Waals surface area (Å²) >= 11 is 0. The van der Waals surface area contributed by atoms with E-state index in [2.05, 4.69) is 13.8 Å². The van der Waals surface area contributed by atoms with Crippen LogP contribution in [0.4, 0.5) is 0 Å². The van der Waals surface area contributed by atoms with Gasteiger partial charge in [0.1, 0.15) is 0 Å². The molecule has 246 valence electrons. The van der Waals surface area contributed by atoms with E-state index in [1.54, 1.807) is 0 Å². The van der Waals surface area contributed by atoms with Crippen molar-refractivity contribution in [3.63, 3.8) is 0 Å². The molecule has 0 aliphatic heterocycles. The molecule has 0 aliphatic carbocycles. The minimum atomic E-state index is 0.360. The van der Waals surface area contributed by atoms with E-state index in [-0.39, 0.29) is 0 Å². The second-order valence-corrected chi connectivity index (χ2v) is 11.9. The van der Waals surface area contributed by atoms with Gasteiger partial charge in [0.2, 0.25) is 0 Å². The van der Waals surface area contributed by atoms with Crippen molar-refractivity contribution in [2.24, 2.45) is 5.73 Å². The SMILES string of the molecule is CCCCCCCCCCCCO.CCCCCCCCCCCCO.NCCCCCCCCCCCCO. The first-order valence-corrected chi connectivity index (χ1v) is 18.3. The normalized spacial score (nSPS) is 10.7. The molecular formula is C36H79NO3. The van der Waals surface area contributed by atoms with Gasteiger partial charge in [0.15, 0.2) is 0 Å². The lowest BCUT2D eigenvalue weighted by atomic mass is 10.1. The van der Waals surface area contributed by atoms with Gasteiger partial charge < -0.3 is 21.1 Å². The average Bonchev–Trinajstić information content (AvgIpc) is 2.97. The van der Waals surface area contributed by atoms with Crippen molar-refractivity contribution in [2.45, 2.75) is 206 Å². The molecule has 5 N–H and O–H groups in total. The van der Waals surface area contributed by atoms with Crippen LogP contribution in [-0.4, -0.2) is 41.7 Å². The number of unbranched alkanes of at least 4 members (excludes halogenated alkanes) is 27. The van der Waals surface area contributed by atoms with Crippen molar-refractivity contribution in [1.82, 2.24) is 0 Å². The summed E-state index contributed by atoms with van der Waals surface area (Å²) in [5, 5.41) is 25.7. The highest BCUT2D eigenvalue weighted by atomic mass is 16.3. The van der Waals surface area contributed by atoms with Crippen molar-refractivity contribution in [3.8, 4) is 0 Å². The van der Waals surface area contributed by atoms with Gasteiger partial charge in [-0.05, 0) is 32.2 Å². The van der Waals surface area contributed by atoms with Crippen LogP contribution >= 0.6 is 0 Å². The van der Waals surface area contributed by atoms with E-state index in [1.165, 1.54) is 173 Å². The van der Waals surface area contributed by atoms with Crippen LogP contribution in [0.1, 0.15) is 206 Å². The van der Waals surface area contributed by atoms with Crippen LogP contribution in [0.15, 0.2) is 0 Å². The minimum absolute atomic E-state index is 0.360. The number of rotatable bonds is 31. The van der Waals surface area contributed by atoms with Gasteiger partial charge in [-0.3, -0.25) is 0 Å². The molecular weight excluding hydrogens is 494 g/mol. The van der Waals surface area contributed by atoms with Crippen molar-refractivity contribution < 1.29 is 15.3 Å². The molecule has 0 heterocycles. The Morgan fingerprint density at radius 1 is 0.275 bits per heavy atom. The Bertz CT molecular complexity index is 314. The first-order valence-electron chi connectivity index (χ1n) is 18.3. The number of hydrogen-bond acceptors (Lipinski definition) is 4. The molecule has 0 aliphatic rings. The van der Waals surface area contributed by atoms with Gasteiger partial charge in [0, 0.05) is 19.8 Å². The summed E-state index contributed by atoms with van der Waals surface area (Å²) in [5.74, 6) is 0. The number of aliphatic hydroxyl groups is 3. The lowest BCUT2D eigenvalue weighted by Gasteiger charge is -2.01. The molecule has 0 radical (unpaired) electrons. The van der Waals surface area contributed by atoms with Crippen LogP contribution in [0, 0.1) is 0 Å². The zero-order valence-electron chi connectivity index (χ0n) is 28.0. The maximum Gasteiger partial charge on any atom is 0.0431 e. The lowest BCUT2D eigenvalue weighted by Crippen LogP contribution is -1.97. The molecule has 0 saturated heterocycles. The van der Waals surface area contributed by atoms with Crippen LogP contribution in [0.5, 0.6) is 0 Å². The van der Waals surface area contributed by atoms with Crippen molar-refractivity contribution in [3.05, 3.63) is 0 Å². The third-order valence-electron chi connectivity index (χ3n) is 7.64. The Morgan fingerprint density at radius 2 is 0.450 bits per heavy atom. The Labute approximate surface area is 253 Å². The topological polar surface area (TPSA) is 86.7 Å². The Kier molecular flexibility index (Phi) is 53.8. The third kappa shape index (κ3) is 54.0. The maximum atomic E-state index is 8.58. The molecule has 0 fully saturated rings. The molecule has 0 aromatic carbocycles.